The lowest BCUT2D eigenvalue weighted by Gasteiger charge is -2.28. The van der Waals surface area contributed by atoms with Crippen LogP contribution in [0.5, 0.6) is 5.75 Å². The summed E-state index contributed by atoms with van der Waals surface area (Å²) >= 11 is 0. The highest BCUT2D eigenvalue weighted by atomic mass is 32.2. The van der Waals surface area contributed by atoms with E-state index in [-0.39, 0.29) is 11.7 Å². The minimum atomic E-state index is -3.22. The molecule has 0 radical (unpaired) electrons. The van der Waals surface area contributed by atoms with Gasteiger partial charge in [0, 0.05) is 18.7 Å². The third-order valence-electron chi connectivity index (χ3n) is 4.59. The number of benzene rings is 2. The molecule has 1 saturated heterocycles. The molecule has 2 aromatic carbocycles. The highest BCUT2D eigenvalue weighted by molar-refractivity contribution is 7.92. The zero-order valence-electron chi connectivity index (χ0n) is 15.3. The Balaban J connectivity index is 1.55. The van der Waals surface area contributed by atoms with Crippen LogP contribution in [0.2, 0.25) is 0 Å². The van der Waals surface area contributed by atoms with Crippen LogP contribution in [0.15, 0.2) is 48.5 Å². The van der Waals surface area contributed by atoms with E-state index in [4.69, 9.17) is 4.74 Å². The molecule has 1 aliphatic heterocycles. The molecule has 1 heterocycles. The number of methoxy groups -OCH3 is 1. The number of sulfonamides is 1. The van der Waals surface area contributed by atoms with Crippen molar-refractivity contribution in [3.05, 3.63) is 54.1 Å². The van der Waals surface area contributed by atoms with E-state index in [0.717, 1.165) is 17.7 Å². The molecule has 0 aliphatic carbocycles. The van der Waals surface area contributed by atoms with E-state index in [1.165, 1.54) is 4.31 Å². The number of carbonyl (C=O) groups excluding carboxylic acids is 1. The first-order valence-electron chi connectivity index (χ1n) is 9.01. The van der Waals surface area contributed by atoms with E-state index in [9.17, 15) is 13.2 Å². The van der Waals surface area contributed by atoms with Crippen molar-refractivity contribution in [1.29, 1.82) is 0 Å². The van der Waals surface area contributed by atoms with Crippen LogP contribution >= 0.6 is 0 Å². The van der Waals surface area contributed by atoms with Gasteiger partial charge in [-0.25, -0.2) is 8.42 Å². The SMILES string of the molecule is COc1ccc(CCC(=O)Nc2ccc(N3CCCCS3(=O)=O)cc2)cc1. The van der Waals surface area contributed by atoms with Gasteiger partial charge in [-0.3, -0.25) is 9.10 Å². The van der Waals surface area contributed by atoms with Crippen molar-refractivity contribution in [2.45, 2.75) is 25.7 Å². The van der Waals surface area contributed by atoms with Gasteiger partial charge in [0.1, 0.15) is 5.75 Å². The molecule has 2 aromatic rings. The second kappa shape index (κ2) is 8.43. The zero-order valence-corrected chi connectivity index (χ0v) is 16.2. The van der Waals surface area contributed by atoms with Crippen LogP contribution in [0, 0.1) is 0 Å². The van der Waals surface area contributed by atoms with E-state index in [1.807, 2.05) is 24.3 Å². The number of amides is 1. The maximum Gasteiger partial charge on any atom is 0.235 e. The molecule has 0 aromatic heterocycles. The largest absolute Gasteiger partial charge is 0.497 e. The van der Waals surface area contributed by atoms with Crippen LogP contribution in [0.3, 0.4) is 0 Å². The number of anilines is 2. The monoisotopic (exact) mass is 388 g/mol. The van der Waals surface area contributed by atoms with Crippen LogP contribution in [0.1, 0.15) is 24.8 Å². The molecule has 0 unspecified atom stereocenters. The highest BCUT2D eigenvalue weighted by Gasteiger charge is 2.25. The molecule has 7 heteroatoms. The van der Waals surface area contributed by atoms with Gasteiger partial charge in [-0.05, 0) is 61.2 Å². The fourth-order valence-corrected chi connectivity index (χ4v) is 4.70. The smallest absolute Gasteiger partial charge is 0.235 e. The van der Waals surface area contributed by atoms with Gasteiger partial charge in [0.2, 0.25) is 15.9 Å². The fourth-order valence-electron chi connectivity index (χ4n) is 3.06. The molecule has 1 N–H and O–H groups in total. The average molecular weight is 388 g/mol. The predicted molar refractivity (Wildman–Crippen MR) is 107 cm³/mol. The summed E-state index contributed by atoms with van der Waals surface area (Å²) < 4.78 is 30.9. The van der Waals surface area contributed by atoms with Crippen molar-refractivity contribution in [1.82, 2.24) is 0 Å². The second-order valence-corrected chi connectivity index (χ2v) is 8.55. The summed E-state index contributed by atoms with van der Waals surface area (Å²) in [6, 6.07) is 14.6. The Morgan fingerprint density at radius 2 is 1.78 bits per heavy atom. The van der Waals surface area contributed by atoms with E-state index >= 15 is 0 Å². The fraction of sp³-hybridized carbons (Fsp3) is 0.350. The van der Waals surface area contributed by atoms with Crippen molar-refractivity contribution in [2.75, 3.05) is 29.0 Å². The Morgan fingerprint density at radius 1 is 1.07 bits per heavy atom. The van der Waals surface area contributed by atoms with Crippen LogP contribution in [-0.2, 0) is 21.2 Å². The molecule has 0 saturated carbocycles. The number of ether oxygens (including phenoxy) is 1. The molecule has 144 valence electrons. The Bertz CT molecular complexity index is 877. The molecule has 1 aliphatic rings. The first-order valence-corrected chi connectivity index (χ1v) is 10.6. The zero-order chi connectivity index (χ0) is 19.3. The molecule has 6 nitrogen and oxygen atoms in total. The lowest BCUT2D eigenvalue weighted by molar-refractivity contribution is -0.116. The van der Waals surface area contributed by atoms with Crippen molar-refractivity contribution in [3.63, 3.8) is 0 Å². The number of aryl methyl sites for hydroxylation is 1. The van der Waals surface area contributed by atoms with Gasteiger partial charge in [-0.1, -0.05) is 12.1 Å². The quantitative estimate of drug-likeness (QED) is 0.825. The lowest BCUT2D eigenvalue weighted by atomic mass is 10.1. The van der Waals surface area contributed by atoms with Crippen molar-refractivity contribution >= 4 is 27.3 Å². The van der Waals surface area contributed by atoms with E-state index in [1.54, 1.807) is 31.4 Å². The number of rotatable bonds is 6. The number of carbonyl (C=O) groups is 1. The third-order valence-corrected chi connectivity index (χ3v) is 6.46. The Hall–Kier alpha value is -2.54. The van der Waals surface area contributed by atoms with Crippen LogP contribution in [0.25, 0.3) is 0 Å². The summed E-state index contributed by atoms with van der Waals surface area (Å²) in [5.74, 6) is 0.903. The third kappa shape index (κ3) is 5.01. The van der Waals surface area contributed by atoms with Gasteiger partial charge in [0.15, 0.2) is 0 Å². The van der Waals surface area contributed by atoms with Crippen molar-refractivity contribution in [3.8, 4) is 5.75 Å². The number of hydrogen-bond acceptors (Lipinski definition) is 4. The maximum atomic E-state index is 12.2. The molecule has 0 spiro atoms. The molecule has 0 atom stereocenters. The molecule has 0 bridgehead atoms. The first kappa shape index (κ1) is 19.2. The summed E-state index contributed by atoms with van der Waals surface area (Å²) in [4.78, 5) is 12.2. The predicted octanol–water partition coefficient (Wildman–Crippen LogP) is 3.20. The Kier molecular flexibility index (Phi) is 6.01. The summed E-state index contributed by atoms with van der Waals surface area (Å²) in [6.45, 7) is 0.510. The molecule has 3 rings (SSSR count). The summed E-state index contributed by atoms with van der Waals surface area (Å²) in [5.41, 5.74) is 2.37. The summed E-state index contributed by atoms with van der Waals surface area (Å²) in [6.07, 6.45) is 2.58. The second-order valence-electron chi connectivity index (χ2n) is 6.54. The molecular weight excluding hydrogens is 364 g/mol. The van der Waals surface area contributed by atoms with Gasteiger partial charge in [-0.15, -0.1) is 0 Å². The number of nitrogens with zero attached hydrogens (tertiary/aromatic N) is 1. The Labute approximate surface area is 160 Å². The average Bonchev–Trinajstić information content (AvgIpc) is 2.67. The van der Waals surface area contributed by atoms with Gasteiger partial charge in [-0.2, -0.15) is 0 Å². The highest BCUT2D eigenvalue weighted by Crippen LogP contribution is 2.25. The first-order chi connectivity index (χ1) is 13.0. The van der Waals surface area contributed by atoms with E-state index < -0.39 is 10.0 Å². The molecular formula is C20H24N2O4S. The molecule has 27 heavy (non-hydrogen) atoms. The summed E-state index contributed by atoms with van der Waals surface area (Å²) in [5, 5.41) is 2.85. The van der Waals surface area contributed by atoms with Crippen LogP contribution in [-0.4, -0.2) is 33.7 Å². The van der Waals surface area contributed by atoms with Crippen molar-refractivity contribution < 1.29 is 17.9 Å². The van der Waals surface area contributed by atoms with Gasteiger partial charge >= 0.3 is 0 Å². The Morgan fingerprint density at radius 3 is 2.41 bits per heavy atom. The lowest BCUT2D eigenvalue weighted by Crippen LogP contribution is -2.37. The summed E-state index contributed by atoms with van der Waals surface area (Å²) in [7, 11) is -1.60. The van der Waals surface area contributed by atoms with Gasteiger partial charge in [0.25, 0.3) is 0 Å². The van der Waals surface area contributed by atoms with E-state index in [0.29, 0.717) is 37.2 Å². The standard InChI is InChI=1S/C20H24N2O4S/c1-26-19-11-4-16(5-12-19)6-13-20(23)21-17-7-9-18(10-8-17)22-14-2-3-15-27(22,24)25/h4-5,7-12H,2-3,6,13-15H2,1H3,(H,21,23). The molecule has 1 amide bonds. The minimum Gasteiger partial charge on any atom is -0.497 e. The number of nitrogens with one attached hydrogen (secondary N) is 1. The van der Waals surface area contributed by atoms with Crippen molar-refractivity contribution in [2.24, 2.45) is 0 Å². The number of hydrogen-bond donors (Lipinski definition) is 1. The maximum absolute atomic E-state index is 12.2. The molecule has 1 fully saturated rings. The van der Waals surface area contributed by atoms with Crippen LogP contribution < -0.4 is 14.4 Å². The van der Waals surface area contributed by atoms with E-state index in [2.05, 4.69) is 5.32 Å². The van der Waals surface area contributed by atoms with Gasteiger partial charge in [0.05, 0.1) is 18.6 Å². The topological polar surface area (TPSA) is 75.7 Å². The van der Waals surface area contributed by atoms with Crippen LogP contribution in [0.4, 0.5) is 11.4 Å². The minimum absolute atomic E-state index is 0.0795. The normalized spacial score (nSPS) is 16.0. The van der Waals surface area contributed by atoms with Gasteiger partial charge < -0.3 is 10.1 Å².